The van der Waals surface area contributed by atoms with E-state index in [1.54, 1.807) is 18.4 Å². The molecule has 2 aromatic heterocycles. The second kappa shape index (κ2) is 10.0. The fourth-order valence-corrected chi connectivity index (χ4v) is 4.64. The van der Waals surface area contributed by atoms with Crippen LogP contribution in [0.3, 0.4) is 0 Å². The van der Waals surface area contributed by atoms with Crippen molar-refractivity contribution in [1.29, 1.82) is 0 Å². The lowest BCUT2D eigenvalue weighted by atomic mass is 10.0. The SMILES string of the molecule is COc1ccc(C(c2cscn2)n2c(C)cc(C(=O)NCc3ccc(CN)cc3)c2C)cc1. The number of methoxy groups -OCH3 is 1. The van der Waals surface area contributed by atoms with Gasteiger partial charge in [0.15, 0.2) is 0 Å². The number of nitrogens with one attached hydrogen (secondary N) is 1. The summed E-state index contributed by atoms with van der Waals surface area (Å²) in [4.78, 5) is 17.7. The minimum atomic E-state index is -0.132. The van der Waals surface area contributed by atoms with Crippen LogP contribution in [0.4, 0.5) is 0 Å². The summed E-state index contributed by atoms with van der Waals surface area (Å²) >= 11 is 1.56. The molecule has 1 amide bonds. The molecule has 0 saturated carbocycles. The van der Waals surface area contributed by atoms with Gasteiger partial charge in [-0.2, -0.15) is 0 Å². The van der Waals surface area contributed by atoms with Crippen molar-refractivity contribution in [1.82, 2.24) is 14.9 Å². The van der Waals surface area contributed by atoms with E-state index in [-0.39, 0.29) is 11.9 Å². The van der Waals surface area contributed by atoms with Crippen molar-refractivity contribution in [3.05, 3.63) is 105 Å². The van der Waals surface area contributed by atoms with Crippen LogP contribution in [0.1, 0.15) is 50.2 Å². The zero-order chi connectivity index (χ0) is 23.4. The number of carbonyl (C=O) groups excluding carboxylic acids is 1. The Morgan fingerprint density at radius 2 is 1.82 bits per heavy atom. The number of carbonyl (C=O) groups is 1. The molecule has 6 nitrogen and oxygen atoms in total. The molecule has 4 rings (SSSR count). The number of amides is 1. The van der Waals surface area contributed by atoms with Crippen molar-refractivity contribution >= 4 is 17.2 Å². The lowest BCUT2D eigenvalue weighted by Crippen LogP contribution is -2.24. The number of rotatable bonds is 8. The molecule has 0 fully saturated rings. The summed E-state index contributed by atoms with van der Waals surface area (Å²) in [7, 11) is 1.66. The van der Waals surface area contributed by atoms with E-state index in [1.165, 1.54) is 0 Å². The van der Waals surface area contributed by atoms with E-state index < -0.39 is 0 Å². The van der Waals surface area contributed by atoms with Crippen molar-refractivity contribution in [2.45, 2.75) is 33.0 Å². The van der Waals surface area contributed by atoms with Crippen molar-refractivity contribution < 1.29 is 9.53 Å². The highest BCUT2D eigenvalue weighted by Crippen LogP contribution is 2.32. The number of thiazole rings is 1. The van der Waals surface area contributed by atoms with Gasteiger partial charge in [0.05, 0.1) is 23.9 Å². The van der Waals surface area contributed by atoms with Gasteiger partial charge in [-0.3, -0.25) is 4.79 Å². The van der Waals surface area contributed by atoms with Gasteiger partial charge >= 0.3 is 0 Å². The van der Waals surface area contributed by atoms with E-state index in [2.05, 4.69) is 20.2 Å². The lowest BCUT2D eigenvalue weighted by molar-refractivity contribution is 0.0950. The molecule has 7 heteroatoms. The monoisotopic (exact) mass is 460 g/mol. The average molecular weight is 461 g/mol. The zero-order valence-corrected chi connectivity index (χ0v) is 19.9. The molecular weight excluding hydrogens is 432 g/mol. The van der Waals surface area contributed by atoms with Gasteiger partial charge in [-0.1, -0.05) is 36.4 Å². The first-order valence-electron chi connectivity index (χ1n) is 10.8. The molecule has 1 atom stereocenters. The Labute approximate surface area is 198 Å². The summed E-state index contributed by atoms with van der Waals surface area (Å²) < 4.78 is 7.51. The Kier molecular flexibility index (Phi) is 6.91. The quantitative estimate of drug-likeness (QED) is 0.403. The summed E-state index contributed by atoms with van der Waals surface area (Å²) in [6.07, 6.45) is 0. The van der Waals surface area contributed by atoms with Gasteiger partial charge < -0.3 is 20.4 Å². The maximum absolute atomic E-state index is 13.1. The van der Waals surface area contributed by atoms with E-state index in [9.17, 15) is 4.79 Å². The Morgan fingerprint density at radius 1 is 1.12 bits per heavy atom. The molecule has 0 aliphatic carbocycles. The van der Waals surface area contributed by atoms with Gasteiger partial charge in [0.25, 0.3) is 5.91 Å². The number of benzene rings is 2. The molecule has 0 spiro atoms. The first-order valence-corrected chi connectivity index (χ1v) is 11.7. The van der Waals surface area contributed by atoms with Crippen LogP contribution in [0.25, 0.3) is 0 Å². The molecular formula is C26H28N4O2S. The smallest absolute Gasteiger partial charge is 0.253 e. The van der Waals surface area contributed by atoms with Crippen molar-refractivity contribution in [3.63, 3.8) is 0 Å². The topological polar surface area (TPSA) is 82.2 Å². The third kappa shape index (κ3) is 4.84. The second-order valence-electron chi connectivity index (χ2n) is 7.95. The van der Waals surface area contributed by atoms with Crippen molar-refractivity contribution in [2.75, 3.05) is 7.11 Å². The van der Waals surface area contributed by atoms with E-state index in [0.717, 1.165) is 39.5 Å². The van der Waals surface area contributed by atoms with Crippen LogP contribution in [0.5, 0.6) is 5.75 Å². The summed E-state index contributed by atoms with van der Waals surface area (Å²) in [5, 5.41) is 5.10. The molecule has 3 N–H and O–H groups in total. The number of hydrogen-bond acceptors (Lipinski definition) is 5. The number of nitrogens with two attached hydrogens (primary N) is 1. The molecule has 0 bridgehead atoms. The van der Waals surface area contributed by atoms with E-state index in [1.807, 2.05) is 74.0 Å². The minimum Gasteiger partial charge on any atom is -0.497 e. The number of ether oxygens (including phenoxy) is 1. The summed E-state index contributed by atoms with van der Waals surface area (Å²) in [5.74, 6) is 0.709. The van der Waals surface area contributed by atoms with Crippen LogP contribution in [0, 0.1) is 13.8 Å². The zero-order valence-electron chi connectivity index (χ0n) is 19.0. The molecule has 2 heterocycles. The van der Waals surface area contributed by atoms with Crippen molar-refractivity contribution in [2.24, 2.45) is 5.73 Å². The third-order valence-electron chi connectivity index (χ3n) is 5.86. The maximum Gasteiger partial charge on any atom is 0.253 e. The lowest BCUT2D eigenvalue weighted by Gasteiger charge is -2.22. The van der Waals surface area contributed by atoms with Gasteiger partial charge in [0, 0.05) is 29.9 Å². The standard InChI is InChI=1S/C26H28N4O2S/c1-17-12-23(26(31)28-14-20-6-4-19(13-27)5-7-20)18(2)30(17)25(24-15-33-16-29-24)21-8-10-22(32-3)11-9-21/h4-12,15-16,25H,13-14,27H2,1-3H3,(H,28,31). The summed E-state index contributed by atoms with van der Waals surface area (Å²) in [6, 6.07) is 17.8. The normalized spacial score (nSPS) is 11.9. The molecule has 1 unspecified atom stereocenters. The van der Waals surface area contributed by atoms with Crippen LogP contribution < -0.4 is 15.8 Å². The Hall–Kier alpha value is -3.42. The van der Waals surface area contributed by atoms with Gasteiger partial charge in [-0.25, -0.2) is 4.98 Å². The predicted molar refractivity (Wildman–Crippen MR) is 132 cm³/mol. The number of hydrogen-bond donors (Lipinski definition) is 2. The number of aryl methyl sites for hydroxylation is 1. The van der Waals surface area contributed by atoms with Crippen LogP contribution in [-0.4, -0.2) is 22.6 Å². The molecule has 0 radical (unpaired) electrons. The number of nitrogens with zero attached hydrogens (tertiary/aromatic N) is 2. The van der Waals surface area contributed by atoms with Crippen molar-refractivity contribution in [3.8, 4) is 5.75 Å². The highest BCUT2D eigenvalue weighted by Gasteiger charge is 2.25. The fraction of sp³-hybridized carbons (Fsp3) is 0.231. The first-order chi connectivity index (χ1) is 16.0. The van der Waals surface area contributed by atoms with E-state index in [0.29, 0.717) is 18.7 Å². The van der Waals surface area contributed by atoms with Crippen LogP contribution in [0.15, 0.2) is 65.5 Å². The largest absolute Gasteiger partial charge is 0.497 e. The van der Waals surface area contributed by atoms with E-state index >= 15 is 0 Å². The molecule has 0 aliphatic heterocycles. The highest BCUT2D eigenvalue weighted by atomic mass is 32.1. The number of aromatic nitrogens is 2. The molecule has 2 aromatic carbocycles. The molecule has 0 saturated heterocycles. The Balaban J connectivity index is 1.62. The molecule has 0 aliphatic rings. The molecule has 4 aromatic rings. The summed E-state index contributed by atoms with van der Waals surface area (Å²) in [6.45, 7) is 4.98. The van der Waals surface area contributed by atoms with Gasteiger partial charge in [-0.05, 0) is 48.7 Å². The Bertz CT molecular complexity index is 1210. The average Bonchev–Trinajstić information content (AvgIpc) is 3.48. The van der Waals surface area contributed by atoms with Gasteiger partial charge in [-0.15, -0.1) is 11.3 Å². The highest BCUT2D eigenvalue weighted by molar-refractivity contribution is 7.07. The van der Waals surface area contributed by atoms with Gasteiger partial charge in [0.1, 0.15) is 11.8 Å². The maximum atomic E-state index is 13.1. The van der Waals surface area contributed by atoms with Crippen LogP contribution >= 0.6 is 11.3 Å². The Morgan fingerprint density at radius 3 is 2.42 bits per heavy atom. The second-order valence-corrected chi connectivity index (χ2v) is 8.67. The minimum absolute atomic E-state index is 0.0935. The van der Waals surface area contributed by atoms with E-state index in [4.69, 9.17) is 10.5 Å². The predicted octanol–water partition coefficient (Wildman–Crippen LogP) is 4.60. The van der Waals surface area contributed by atoms with Gasteiger partial charge in [0.2, 0.25) is 0 Å². The summed E-state index contributed by atoms with van der Waals surface area (Å²) in [5.41, 5.74) is 14.2. The first kappa shape index (κ1) is 22.8. The molecule has 170 valence electrons. The van der Waals surface area contributed by atoms with Crippen LogP contribution in [0.2, 0.25) is 0 Å². The fourth-order valence-electron chi connectivity index (χ4n) is 4.07. The third-order valence-corrected chi connectivity index (χ3v) is 6.47. The molecule has 33 heavy (non-hydrogen) atoms. The van der Waals surface area contributed by atoms with Crippen LogP contribution in [-0.2, 0) is 13.1 Å².